The van der Waals surface area contributed by atoms with Crippen molar-refractivity contribution in [3.63, 3.8) is 0 Å². The molecule has 6 N–H and O–H groups in total. The maximum absolute atomic E-state index is 12.7. The van der Waals surface area contributed by atoms with Crippen molar-refractivity contribution >= 4 is 10.4 Å². The molecule has 5 fully saturated rings. The molecule has 0 aromatic rings. The molecular formula is C32H55NaO12S. The van der Waals surface area contributed by atoms with Crippen molar-refractivity contribution in [2.24, 2.45) is 46.3 Å². The van der Waals surface area contributed by atoms with Crippen LogP contribution in [-0.2, 0) is 24.1 Å². The van der Waals surface area contributed by atoms with Gasteiger partial charge in [-0.05, 0) is 91.8 Å². The predicted octanol–water partition coefficient (Wildman–Crippen LogP) is -1.55. The summed E-state index contributed by atoms with van der Waals surface area (Å²) in [4.78, 5) is 0. The van der Waals surface area contributed by atoms with Gasteiger partial charge in [0.25, 0.3) is 0 Å². The van der Waals surface area contributed by atoms with Gasteiger partial charge in [-0.1, -0.05) is 34.6 Å². The molecule has 4 saturated carbocycles. The Morgan fingerprint density at radius 1 is 0.978 bits per heavy atom. The van der Waals surface area contributed by atoms with Gasteiger partial charge in [0.1, 0.15) is 18.3 Å². The SMILES string of the molecule is CC(C)[C@H](CC[C@@H](C)[C@H]1C[C@H](O)C2[C@]3(O)C[C@H](OS(=O)(=O)[O-])C4C[C@@H](O)CC[C@]4(C)C3CC[C@@]21C)OC1OC(CO)C(O)C1O.[Na+]. The Hall–Kier alpha value is 0.550. The molecule has 1 heterocycles. The number of fused-ring (bicyclic) bond motifs is 5. The van der Waals surface area contributed by atoms with Crippen molar-refractivity contribution in [1.29, 1.82) is 0 Å². The number of hydrogen-bond acceptors (Lipinski definition) is 12. The summed E-state index contributed by atoms with van der Waals surface area (Å²) >= 11 is 0. The van der Waals surface area contributed by atoms with E-state index in [0.717, 1.165) is 12.8 Å². The van der Waals surface area contributed by atoms with E-state index >= 15 is 0 Å². The molecule has 12 nitrogen and oxygen atoms in total. The zero-order valence-electron chi connectivity index (χ0n) is 28.2. The topological polar surface area (TPSA) is 206 Å². The summed E-state index contributed by atoms with van der Waals surface area (Å²) in [5.74, 6) is -0.949. The van der Waals surface area contributed by atoms with E-state index in [-0.39, 0.29) is 65.8 Å². The van der Waals surface area contributed by atoms with Crippen molar-refractivity contribution in [2.45, 2.75) is 147 Å². The minimum Gasteiger partial charge on any atom is -0.726 e. The first kappa shape index (κ1) is 39.3. The van der Waals surface area contributed by atoms with Crippen LogP contribution in [0.15, 0.2) is 0 Å². The summed E-state index contributed by atoms with van der Waals surface area (Å²) in [7, 11) is -5.07. The standard InChI is InChI=1S/C32H56O12S.Na/c1-16(2)22(42-29-27(37)26(36)24(15-33)43-29)7-6-17(3)19-13-21(35)28-31(19,5)11-9-25-30(4)10-8-18(34)12-20(30)23(14-32(25,28)38)44-45(39,40)41;/h16-29,33-38H,6-15H2,1-5H3,(H,39,40,41);/q;+1/p-1/t17-,18+,19-,20?,21+,22+,23+,24?,25?,26?,27?,28?,29?,30+,31-,32+;/m1./s1. The van der Waals surface area contributed by atoms with Crippen molar-refractivity contribution < 1.29 is 86.8 Å². The van der Waals surface area contributed by atoms with Crippen LogP contribution in [0, 0.1) is 46.3 Å². The molecule has 0 aromatic heterocycles. The van der Waals surface area contributed by atoms with Gasteiger partial charge in [-0.3, -0.25) is 4.18 Å². The molecule has 5 aliphatic rings. The van der Waals surface area contributed by atoms with E-state index in [1.54, 1.807) is 0 Å². The normalized spacial score (nSPS) is 48.7. The quantitative estimate of drug-likeness (QED) is 0.0878. The fourth-order valence-corrected chi connectivity index (χ4v) is 11.5. The Morgan fingerprint density at radius 2 is 1.63 bits per heavy atom. The second-order valence-corrected chi connectivity index (χ2v) is 17.0. The Labute approximate surface area is 295 Å². The van der Waals surface area contributed by atoms with E-state index in [1.165, 1.54) is 0 Å². The molecule has 46 heavy (non-hydrogen) atoms. The van der Waals surface area contributed by atoms with Crippen LogP contribution in [0.25, 0.3) is 0 Å². The monoisotopic (exact) mass is 686 g/mol. The number of aliphatic hydroxyl groups is 6. The molecule has 14 heteroatoms. The third kappa shape index (κ3) is 7.04. The Bertz CT molecular complexity index is 1160. The minimum absolute atomic E-state index is 0. The molecular weight excluding hydrogens is 631 g/mol. The third-order valence-corrected chi connectivity index (χ3v) is 13.6. The van der Waals surface area contributed by atoms with Crippen LogP contribution in [0.3, 0.4) is 0 Å². The Balaban J connectivity index is 0.00000480. The molecule has 16 atom stereocenters. The average Bonchev–Trinajstić information content (AvgIpc) is 3.37. The number of ether oxygens (including phenoxy) is 2. The summed E-state index contributed by atoms with van der Waals surface area (Å²) in [5, 5.41) is 64.8. The fraction of sp³-hybridized carbons (Fsp3) is 1.00. The van der Waals surface area contributed by atoms with Gasteiger partial charge < -0.3 is 44.7 Å². The second-order valence-electron chi connectivity index (χ2n) is 15.9. The molecule has 0 aromatic carbocycles. The largest absolute Gasteiger partial charge is 1.00 e. The number of aliphatic hydroxyl groups excluding tert-OH is 5. The van der Waals surface area contributed by atoms with Crippen LogP contribution in [-0.4, -0.2) is 105 Å². The minimum atomic E-state index is -5.07. The molecule has 0 spiro atoms. The van der Waals surface area contributed by atoms with Crippen LogP contribution in [0.1, 0.15) is 92.4 Å². The van der Waals surface area contributed by atoms with E-state index in [2.05, 4.69) is 13.8 Å². The van der Waals surface area contributed by atoms with Crippen LogP contribution >= 0.6 is 0 Å². The zero-order valence-corrected chi connectivity index (χ0v) is 31.0. The van der Waals surface area contributed by atoms with E-state index in [0.29, 0.717) is 38.5 Å². The summed E-state index contributed by atoms with van der Waals surface area (Å²) in [5.41, 5.74) is -2.48. The van der Waals surface area contributed by atoms with Crippen LogP contribution in [0.2, 0.25) is 0 Å². The van der Waals surface area contributed by atoms with Crippen LogP contribution < -0.4 is 29.6 Å². The smallest absolute Gasteiger partial charge is 0.726 e. The van der Waals surface area contributed by atoms with E-state index in [4.69, 9.17) is 13.7 Å². The van der Waals surface area contributed by atoms with Crippen molar-refractivity contribution in [2.75, 3.05) is 6.61 Å². The predicted molar refractivity (Wildman–Crippen MR) is 160 cm³/mol. The van der Waals surface area contributed by atoms with Gasteiger partial charge in [0.05, 0.1) is 36.6 Å². The fourth-order valence-electron chi connectivity index (χ4n) is 11.0. The molecule has 5 rings (SSSR count). The molecule has 1 saturated heterocycles. The maximum atomic E-state index is 12.7. The Kier molecular flexibility index (Phi) is 12.2. The Morgan fingerprint density at radius 3 is 2.22 bits per heavy atom. The van der Waals surface area contributed by atoms with Gasteiger partial charge >= 0.3 is 29.6 Å². The van der Waals surface area contributed by atoms with Gasteiger partial charge in [-0.25, -0.2) is 8.42 Å². The molecule has 0 radical (unpaired) electrons. The van der Waals surface area contributed by atoms with Crippen molar-refractivity contribution in [1.82, 2.24) is 0 Å². The molecule has 0 bridgehead atoms. The number of hydrogen-bond donors (Lipinski definition) is 6. The van der Waals surface area contributed by atoms with E-state index in [1.807, 2.05) is 20.8 Å². The molecule has 7 unspecified atom stereocenters. The first-order valence-corrected chi connectivity index (χ1v) is 18.2. The second kappa shape index (κ2) is 14.3. The maximum Gasteiger partial charge on any atom is 1.00 e. The first-order valence-electron chi connectivity index (χ1n) is 16.9. The van der Waals surface area contributed by atoms with Crippen LogP contribution in [0.5, 0.6) is 0 Å². The van der Waals surface area contributed by atoms with Gasteiger partial charge in [-0.2, -0.15) is 0 Å². The summed E-state index contributed by atoms with van der Waals surface area (Å²) in [6.07, 6.45) is -2.71. The van der Waals surface area contributed by atoms with E-state index < -0.39 is 88.2 Å². The van der Waals surface area contributed by atoms with Crippen molar-refractivity contribution in [3.05, 3.63) is 0 Å². The number of rotatable bonds is 10. The molecule has 1 aliphatic heterocycles. The van der Waals surface area contributed by atoms with Gasteiger partial charge in [-0.15, -0.1) is 0 Å². The summed E-state index contributed by atoms with van der Waals surface area (Å²) in [6.45, 7) is 9.87. The molecule has 0 amide bonds. The van der Waals surface area contributed by atoms with E-state index in [9.17, 15) is 43.6 Å². The van der Waals surface area contributed by atoms with Gasteiger partial charge in [0.2, 0.25) is 10.4 Å². The summed E-state index contributed by atoms with van der Waals surface area (Å²) in [6, 6.07) is 0. The van der Waals surface area contributed by atoms with Gasteiger partial charge in [0.15, 0.2) is 6.29 Å². The molecule has 262 valence electrons. The first-order chi connectivity index (χ1) is 20.9. The summed E-state index contributed by atoms with van der Waals surface area (Å²) < 4.78 is 52.3. The average molecular weight is 687 g/mol. The third-order valence-electron chi connectivity index (χ3n) is 13.1. The van der Waals surface area contributed by atoms with Crippen molar-refractivity contribution in [3.8, 4) is 0 Å². The molecule has 4 aliphatic carbocycles. The zero-order chi connectivity index (χ0) is 33.3. The van der Waals surface area contributed by atoms with Crippen LogP contribution in [0.4, 0.5) is 0 Å². The van der Waals surface area contributed by atoms with Gasteiger partial charge in [0, 0.05) is 12.3 Å².